The largest absolute Gasteiger partial charge is 0.373 e. The second-order valence-corrected chi connectivity index (χ2v) is 9.51. The molecule has 2 saturated heterocycles. The fraction of sp³-hybridized carbons (Fsp3) is 0.952. The van der Waals surface area contributed by atoms with Crippen molar-refractivity contribution < 1.29 is 9.53 Å². The van der Waals surface area contributed by atoms with Crippen LogP contribution in [0.1, 0.15) is 52.4 Å². The van der Waals surface area contributed by atoms with Crippen LogP contribution in [-0.4, -0.2) is 66.7 Å². The first-order valence-electron chi connectivity index (χ1n) is 10.9. The Morgan fingerprint density at radius 2 is 1.69 bits per heavy atom. The predicted octanol–water partition coefficient (Wildman–Crippen LogP) is 2.10. The van der Waals surface area contributed by atoms with Gasteiger partial charge in [0.15, 0.2) is 0 Å². The van der Waals surface area contributed by atoms with Crippen molar-refractivity contribution in [3.8, 4) is 0 Å². The highest BCUT2D eigenvalue weighted by molar-refractivity contribution is 5.80. The molecular weight excluding hydrogens is 326 g/mol. The molecule has 0 radical (unpaired) electrons. The van der Waals surface area contributed by atoms with Gasteiger partial charge in [-0.2, -0.15) is 0 Å². The molecule has 2 aliphatic carbocycles. The first kappa shape index (κ1) is 18.7. The standard InChI is InChI=1S/C21H37N3O2/c1-14-12-23(13-15(2)26-14)8-5-16-6-9-24(10-7-16)21(25)19-17-3-4-18(11-17)20(19)22/h14-20H,3-13,22H2,1-2H3. The van der Waals surface area contributed by atoms with E-state index in [1.165, 1.54) is 32.2 Å². The monoisotopic (exact) mass is 363 g/mol. The molecule has 0 aromatic carbocycles. The number of carbonyl (C=O) groups excluding carboxylic acids is 1. The summed E-state index contributed by atoms with van der Waals surface area (Å²) in [6.45, 7) is 9.53. The van der Waals surface area contributed by atoms with Gasteiger partial charge >= 0.3 is 0 Å². The lowest BCUT2D eigenvalue weighted by atomic mass is 9.83. The van der Waals surface area contributed by atoms with Crippen LogP contribution in [0.15, 0.2) is 0 Å². The van der Waals surface area contributed by atoms with Gasteiger partial charge in [0.2, 0.25) is 5.91 Å². The minimum atomic E-state index is 0.127. The number of likely N-dealkylation sites (tertiary alicyclic amines) is 1. The van der Waals surface area contributed by atoms with Crippen molar-refractivity contribution in [2.75, 3.05) is 32.7 Å². The van der Waals surface area contributed by atoms with Gasteiger partial charge in [-0.1, -0.05) is 0 Å². The molecule has 2 aliphatic heterocycles. The SMILES string of the molecule is CC1CN(CCC2CCN(C(=O)C3C4CCC(C4)C3N)CC2)CC(C)O1. The van der Waals surface area contributed by atoms with Gasteiger partial charge in [0.25, 0.3) is 0 Å². The van der Waals surface area contributed by atoms with Gasteiger partial charge in [0.05, 0.1) is 18.1 Å². The van der Waals surface area contributed by atoms with E-state index in [2.05, 4.69) is 23.6 Å². The molecule has 2 bridgehead atoms. The Hall–Kier alpha value is -0.650. The molecule has 2 N–H and O–H groups in total. The highest BCUT2D eigenvalue weighted by Gasteiger charge is 2.50. The fourth-order valence-electron chi connectivity index (χ4n) is 6.19. The number of carbonyl (C=O) groups is 1. The number of ether oxygens (including phenoxy) is 1. The Bertz CT molecular complexity index is 493. The van der Waals surface area contributed by atoms with Crippen molar-refractivity contribution in [2.24, 2.45) is 29.4 Å². The van der Waals surface area contributed by atoms with E-state index in [4.69, 9.17) is 10.5 Å². The van der Waals surface area contributed by atoms with Crippen LogP contribution in [0.3, 0.4) is 0 Å². The summed E-state index contributed by atoms with van der Waals surface area (Å²) < 4.78 is 5.83. The van der Waals surface area contributed by atoms with Crippen molar-refractivity contribution in [2.45, 2.75) is 70.6 Å². The molecule has 0 spiro atoms. The molecule has 4 fully saturated rings. The molecule has 2 saturated carbocycles. The summed E-state index contributed by atoms with van der Waals surface area (Å²) in [5.41, 5.74) is 6.39. The minimum absolute atomic E-state index is 0.127. The third-order valence-electron chi connectivity index (χ3n) is 7.54. The molecule has 6 atom stereocenters. The van der Waals surface area contributed by atoms with E-state index in [9.17, 15) is 4.79 Å². The van der Waals surface area contributed by atoms with E-state index in [1.54, 1.807) is 0 Å². The molecule has 148 valence electrons. The van der Waals surface area contributed by atoms with Crippen molar-refractivity contribution in [3.05, 3.63) is 0 Å². The maximum Gasteiger partial charge on any atom is 0.227 e. The Morgan fingerprint density at radius 3 is 2.31 bits per heavy atom. The van der Waals surface area contributed by atoms with Gasteiger partial charge in [-0.3, -0.25) is 9.69 Å². The topological polar surface area (TPSA) is 58.8 Å². The van der Waals surface area contributed by atoms with Gasteiger partial charge in [-0.05, 0) is 76.7 Å². The predicted molar refractivity (Wildman–Crippen MR) is 103 cm³/mol. The average Bonchev–Trinajstić information content (AvgIpc) is 3.20. The van der Waals surface area contributed by atoms with E-state index in [1.807, 2.05) is 0 Å². The van der Waals surface area contributed by atoms with Crippen LogP contribution >= 0.6 is 0 Å². The number of hydrogen-bond acceptors (Lipinski definition) is 4. The summed E-state index contributed by atoms with van der Waals surface area (Å²) in [7, 11) is 0. The van der Waals surface area contributed by atoms with Gasteiger partial charge in [0.1, 0.15) is 0 Å². The van der Waals surface area contributed by atoms with Crippen molar-refractivity contribution in [1.29, 1.82) is 0 Å². The smallest absolute Gasteiger partial charge is 0.227 e. The zero-order valence-electron chi connectivity index (χ0n) is 16.6. The van der Waals surface area contributed by atoms with Gasteiger partial charge in [-0.25, -0.2) is 0 Å². The summed E-state index contributed by atoms with van der Waals surface area (Å²) >= 11 is 0. The first-order valence-corrected chi connectivity index (χ1v) is 10.9. The number of nitrogens with two attached hydrogens (primary N) is 1. The Kier molecular flexibility index (Phi) is 5.58. The zero-order valence-corrected chi connectivity index (χ0v) is 16.6. The summed E-state index contributed by atoms with van der Waals surface area (Å²) in [5, 5.41) is 0. The molecular formula is C21H37N3O2. The van der Waals surface area contributed by atoms with Gasteiger partial charge in [0, 0.05) is 32.2 Å². The highest BCUT2D eigenvalue weighted by atomic mass is 16.5. The molecule has 1 amide bonds. The van der Waals surface area contributed by atoms with Gasteiger partial charge in [-0.15, -0.1) is 0 Å². The van der Waals surface area contributed by atoms with Crippen LogP contribution in [0.2, 0.25) is 0 Å². The maximum absolute atomic E-state index is 13.0. The molecule has 4 rings (SSSR count). The highest BCUT2D eigenvalue weighted by Crippen LogP contribution is 2.48. The molecule has 0 aromatic rings. The van der Waals surface area contributed by atoms with Crippen LogP contribution in [0.5, 0.6) is 0 Å². The van der Waals surface area contributed by atoms with E-state index < -0.39 is 0 Å². The van der Waals surface area contributed by atoms with Crippen LogP contribution in [0.4, 0.5) is 0 Å². The van der Waals surface area contributed by atoms with Crippen molar-refractivity contribution in [1.82, 2.24) is 9.80 Å². The summed E-state index contributed by atoms with van der Waals surface area (Å²) in [6, 6.07) is 0.129. The quantitative estimate of drug-likeness (QED) is 0.831. The summed E-state index contributed by atoms with van der Waals surface area (Å²) in [5.74, 6) is 2.46. The normalized spacial score (nSPS) is 41.7. The Labute approximate surface area is 158 Å². The third-order valence-corrected chi connectivity index (χ3v) is 7.54. The van der Waals surface area contributed by atoms with Crippen LogP contribution < -0.4 is 5.73 Å². The molecule has 2 heterocycles. The zero-order chi connectivity index (χ0) is 18.3. The second kappa shape index (κ2) is 7.76. The number of amides is 1. The Balaban J connectivity index is 1.21. The molecule has 0 aromatic heterocycles. The van der Waals surface area contributed by atoms with E-state index in [-0.39, 0.29) is 12.0 Å². The number of nitrogens with zero attached hydrogens (tertiary/aromatic N) is 2. The molecule has 5 nitrogen and oxygen atoms in total. The maximum atomic E-state index is 13.0. The summed E-state index contributed by atoms with van der Waals surface area (Å²) in [6.07, 6.45) is 7.96. The molecule has 6 unspecified atom stereocenters. The lowest BCUT2D eigenvalue weighted by molar-refractivity contribution is -0.139. The third kappa shape index (κ3) is 3.81. The lowest BCUT2D eigenvalue weighted by Gasteiger charge is -2.38. The first-order chi connectivity index (χ1) is 12.5. The number of fused-ring (bicyclic) bond motifs is 2. The van der Waals surface area contributed by atoms with Crippen molar-refractivity contribution >= 4 is 5.91 Å². The molecule has 4 aliphatic rings. The number of morpholine rings is 1. The molecule has 5 heteroatoms. The summed E-state index contributed by atoms with van der Waals surface area (Å²) in [4.78, 5) is 17.7. The lowest BCUT2D eigenvalue weighted by Crippen LogP contribution is -2.49. The number of hydrogen-bond donors (Lipinski definition) is 1. The van der Waals surface area contributed by atoms with Crippen LogP contribution in [0.25, 0.3) is 0 Å². The minimum Gasteiger partial charge on any atom is -0.373 e. The number of rotatable bonds is 4. The fourth-order valence-corrected chi connectivity index (χ4v) is 6.19. The van der Waals surface area contributed by atoms with Gasteiger partial charge < -0.3 is 15.4 Å². The van der Waals surface area contributed by atoms with E-state index in [0.717, 1.165) is 44.9 Å². The number of piperidine rings is 1. The van der Waals surface area contributed by atoms with Crippen LogP contribution in [-0.2, 0) is 9.53 Å². The average molecular weight is 364 g/mol. The van der Waals surface area contributed by atoms with E-state index >= 15 is 0 Å². The second-order valence-electron chi connectivity index (χ2n) is 9.51. The molecule has 26 heavy (non-hydrogen) atoms. The van der Waals surface area contributed by atoms with Crippen molar-refractivity contribution in [3.63, 3.8) is 0 Å². The Morgan fingerprint density at radius 1 is 1.04 bits per heavy atom. The van der Waals surface area contributed by atoms with E-state index in [0.29, 0.717) is 30.0 Å². The van der Waals surface area contributed by atoms with Crippen LogP contribution in [0, 0.1) is 23.7 Å².